The minimum absolute atomic E-state index is 0.0885. The van der Waals surface area contributed by atoms with Gasteiger partial charge in [-0.1, -0.05) is 68.9 Å². The number of carbonyl (C=O) groups is 1. The monoisotopic (exact) mass is 448 g/mol. The Labute approximate surface area is 192 Å². The number of thioether (sulfide) groups is 1. The standard InChI is InChI=1S/C24H28N6OS/c1-4-32-24-28-21(26-14-16(2)3)20-15-27-30(22(20)29-24)13-12-25-23(31)19-11-7-9-17-8-5-6-10-18(17)19/h5-11,15-16H,4,12-14H2,1-3H3,(H,25,31)(H,26,28,29). The number of hydrogen-bond donors (Lipinski definition) is 2. The number of aromatic nitrogens is 4. The van der Waals surface area contributed by atoms with E-state index in [4.69, 9.17) is 4.98 Å². The number of nitrogens with one attached hydrogen (secondary N) is 2. The van der Waals surface area contributed by atoms with Crippen molar-refractivity contribution in [2.75, 3.05) is 24.2 Å². The molecule has 32 heavy (non-hydrogen) atoms. The van der Waals surface area contributed by atoms with Crippen molar-refractivity contribution < 1.29 is 4.79 Å². The second-order valence-electron chi connectivity index (χ2n) is 7.95. The van der Waals surface area contributed by atoms with Gasteiger partial charge in [0.2, 0.25) is 0 Å². The Morgan fingerprint density at radius 3 is 2.72 bits per heavy atom. The van der Waals surface area contributed by atoms with Crippen molar-refractivity contribution in [3.05, 3.63) is 54.2 Å². The van der Waals surface area contributed by atoms with Gasteiger partial charge in [0.1, 0.15) is 5.82 Å². The van der Waals surface area contributed by atoms with Crippen LogP contribution < -0.4 is 10.6 Å². The molecular weight excluding hydrogens is 420 g/mol. The highest BCUT2D eigenvalue weighted by atomic mass is 32.2. The van der Waals surface area contributed by atoms with Gasteiger partial charge >= 0.3 is 0 Å². The van der Waals surface area contributed by atoms with Crippen LogP contribution in [0.15, 0.2) is 53.8 Å². The molecule has 0 saturated heterocycles. The van der Waals surface area contributed by atoms with Crippen molar-refractivity contribution in [3.63, 3.8) is 0 Å². The molecule has 1 amide bonds. The van der Waals surface area contributed by atoms with Crippen LogP contribution in [0.25, 0.3) is 21.8 Å². The van der Waals surface area contributed by atoms with E-state index < -0.39 is 0 Å². The number of nitrogens with zero attached hydrogens (tertiary/aromatic N) is 4. The molecule has 0 fully saturated rings. The minimum atomic E-state index is -0.0885. The van der Waals surface area contributed by atoms with Gasteiger partial charge in [0, 0.05) is 18.7 Å². The third kappa shape index (κ3) is 4.85. The van der Waals surface area contributed by atoms with Gasteiger partial charge in [-0.2, -0.15) is 5.10 Å². The molecule has 0 spiro atoms. The number of fused-ring (bicyclic) bond motifs is 2. The van der Waals surface area contributed by atoms with Crippen molar-refractivity contribution in [1.82, 2.24) is 25.1 Å². The van der Waals surface area contributed by atoms with E-state index in [1.54, 1.807) is 18.0 Å². The van der Waals surface area contributed by atoms with E-state index in [2.05, 4.69) is 41.5 Å². The average molecular weight is 449 g/mol. The summed E-state index contributed by atoms with van der Waals surface area (Å²) in [6, 6.07) is 13.7. The summed E-state index contributed by atoms with van der Waals surface area (Å²) in [7, 11) is 0. The van der Waals surface area contributed by atoms with Crippen LogP contribution in [0.1, 0.15) is 31.1 Å². The number of hydrogen-bond acceptors (Lipinski definition) is 6. The molecule has 8 heteroatoms. The summed E-state index contributed by atoms with van der Waals surface area (Å²) in [6.45, 7) is 8.21. The molecule has 0 saturated carbocycles. The van der Waals surface area contributed by atoms with Crippen molar-refractivity contribution >= 4 is 45.3 Å². The molecule has 0 radical (unpaired) electrons. The first-order valence-electron chi connectivity index (χ1n) is 10.9. The minimum Gasteiger partial charge on any atom is -0.369 e. The van der Waals surface area contributed by atoms with E-state index in [0.29, 0.717) is 24.6 Å². The first kappa shape index (κ1) is 22.1. The molecule has 0 atom stereocenters. The van der Waals surface area contributed by atoms with E-state index in [0.717, 1.165) is 45.1 Å². The first-order valence-corrected chi connectivity index (χ1v) is 11.9. The Hall–Kier alpha value is -3.13. The number of amides is 1. The SMILES string of the molecule is CCSc1nc(NCC(C)C)c2cnn(CCNC(=O)c3cccc4ccccc34)c2n1. The summed E-state index contributed by atoms with van der Waals surface area (Å²) in [4.78, 5) is 22.2. The summed E-state index contributed by atoms with van der Waals surface area (Å²) in [6.07, 6.45) is 1.80. The fourth-order valence-corrected chi connectivity index (χ4v) is 4.09. The Balaban J connectivity index is 1.51. The zero-order chi connectivity index (χ0) is 22.5. The van der Waals surface area contributed by atoms with Crippen LogP contribution in [0.5, 0.6) is 0 Å². The van der Waals surface area contributed by atoms with Crippen LogP contribution >= 0.6 is 11.8 Å². The van der Waals surface area contributed by atoms with Crippen molar-refractivity contribution in [1.29, 1.82) is 0 Å². The predicted octanol–water partition coefficient (Wildman–Crippen LogP) is 4.59. The molecule has 0 unspecified atom stereocenters. The number of anilines is 1. The molecule has 7 nitrogen and oxygen atoms in total. The van der Waals surface area contributed by atoms with Gasteiger partial charge in [-0.3, -0.25) is 4.79 Å². The van der Waals surface area contributed by atoms with Crippen LogP contribution in [-0.2, 0) is 6.54 Å². The van der Waals surface area contributed by atoms with Gasteiger partial charge in [0.05, 0.1) is 18.1 Å². The van der Waals surface area contributed by atoms with E-state index >= 15 is 0 Å². The largest absolute Gasteiger partial charge is 0.369 e. The third-order valence-corrected chi connectivity index (χ3v) is 5.80. The topological polar surface area (TPSA) is 84.7 Å². The van der Waals surface area contributed by atoms with Crippen molar-refractivity contribution in [3.8, 4) is 0 Å². The highest BCUT2D eigenvalue weighted by Gasteiger charge is 2.14. The normalized spacial score (nSPS) is 11.4. The number of rotatable bonds is 9. The molecule has 2 N–H and O–H groups in total. The molecule has 2 aromatic carbocycles. The van der Waals surface area contributed by atoms with Gasteiger partial charge in [-0.15, -0.1) is 0 Å². The smallest absolute Gasteiger partial charge is 0.251 e. The fraction of sp³-hybridized carbons (Fsp3) is 0.333. The second kappa shape index (κ2) is 9.99. The van der Waals surface area contributed by atoms with Gasteiger partial charge in [0.15, 0.2) is 10.8 Å². The third-order valence-electron chi connectivity index (χ3n) is 5.07. The van der Waals surface area contributed by atoms with Crippen LogP contribution in [0.4, 0.5) is 5.82 Å². The Kier molecular flexibility index (Phi) is 6.90. The molecule has 0 bridgehead atoms. The Morgan fingerprint density at radius 1 is 1.09 bits per heavy atom. The molecule has 0 aliphatic heterocycles. The van der Waals surface area contributed by atoms with Gasteiger partial charge in [0.25, 0.3) is 5.91 Å². The van der Waals surface area contributed by atoms with Crippen LogP contribution in [0.2, 0.25) is 0 Å². The van der Waals surface area contributed by atoms with Gasteiger partial charge < -0.3 is 10.6 Å². The maximum Gasteiger partial charge on any atom is 0.251 e. The number of carbonyl (C=O) groups excluding carboxylic acids is 1. The van der Waals surface area contributed by atoms with E-state index in [9.17, 15) is 4.79 Å². The molecule has 4 rings (SSSR count). The first-order chi connectivity index (χ1) is 15.6. The lowest BCUT2D eigenvalue weighted by molar-refractivity contribution is 0.0953. The summed E-state index contributed by atoms with van der Waals surface area (Å²) < 4.78 is 1.83. The lowest BCUT2D eigenvalue weighted by Crippen LogP contribution is -2.27. The number of benzene rings is 2. The van der Waals surface area contributed by atoms with E-state index in [-0.39, 0.29) is 5.91 Å². The Morgan fingerprint density at radius 2 is 1.91 bits per heavy atom. The van der Waals surface area contributed by atoms with Crippen molar-refractivity contribution in [2.45, 2.75) is 32.5 Å². The quantitative estimate of drug-likeness (QED) is 0.288. The Bertz CT molecular complexity index is 1230. The van der Waals surface area contributed by atoms with Crippen LogP contribution in [-0.4, -0.2) is 44.5 Å². The molecule has 2 aromatic heterocycles. The molecule has 4 aromatic rings. The maximum absolute atomic E-state index is 12.8. The molecular formula is C24H28N6OS. The molecule has 166 valence electrons. The van der Waals surface area contributed by atoms with Crippen LogP contribution in [0, 0.1) is 5.92 Å². The van der Waals surface area contributed by atoms with Gasteiger partial charge in [-0.25, -0.2) is 14.6 Å². The molecule has 0 aliphatic carbocycles. The van der Waals surface area contributed by atoms with E-state index in [1.165, 1.54) is 0 Å². The van der Waals surface area contributed by atoms with Gasteiger partial charge in [-0.05, 0) is 28.5 Å². The average Bonchev–Trinajstić information content (AvgIpc) is 3.20. The predicted molar refractivity (Wildman–Crippen MR) is 131 cm³/mol. The van der Waals surface area contributed by atoms with E-state index in [1.807, 2.05) is 47.1 Å². The lowest BCUT2D eigenvalue weighted by Gasteiger charge is -2.11. The highest BCUT2D eigenvalue weighted by Crippen LogP contribution is 2.24. The zero-order valence-electron chi connectivity index (χ0n) is 18.6. The lowest BCUT2D eigenvalue weighted by atomic mass is 10.0. The fourth-order valence-electron chi connectivity index (χ4n) is 3.52. The summed E-state index contributed by atoms with van der Waals surface area (Å²) >= 11 is 1.60. The summed E-state index contributed by atoms with van der Waals surface area (Å²) in [5.41, 5.74) is 1.46. The molecule has 2 heterocycles. The van der Waals surface area contributed by atoms with Crippen LogP contribution in [0.3, 0.4) is 0 Å². The summed E-state index contributed by atoms with van der Waals surface area (Å²) in [5, 5.41) is 14.6. The second-order valence-corrected chi connectivity index (χ2v) is 9.18. The highest BCUT2D eigenvalue weighted by molar-refractivity contribution is 7.99. The van der Waals surface area contributed by atoms with Crippen molar-refractivity contribution in [2.24, 2.45) is 5.92 Å². The summed E-state index contributed by atoms with van der Waals surface area (Å²) in [5.74, 6) is 2.12. The maximum atomic E-state index is 12.8. The zero-order valence-corrected chi connectivity index (χ0v) is 19.4. The molecule has 0 aliphatic rings.